The van der Waals surface area contributed by atoms with Gasteiger partial charge in [0, 0.05) is 17.0 Å². The standard InChI is InChI=1S/C14H14O2/c1-11(2)14(16)13-8-6-12(7-9-13)5-3-4-10-15/h6-11H,4H2,1-2H3. The average Bonchev–Trinajstić information content (AvgIpc) is 2.29. The number of hydrogen-bond acceptors (Lipinski definition) is 2. The second-order valence-electron chi connectivity index (χ2n) is 3.77. The minimum absolute atomic E-state index is 0.00648. The Labute approximate surface area is 95.7 Å². The van der Waals surface area contributed by atoms with Crippen molar-refractivity contribution in [2.75, 3.05) is 0 Å². The van der Waals surface area contributed by atoms with E-state index >= 15 is 0 Å². The lowest BCUT2D eigenvalue weighted by atomic mass is 10.0. The first-order valence-electron chi connectivity index (χ1n) is 5.22. The Morgan fingerprint density at radius 1 is 1.31 bits per heavy atom. The van der Waals surface area contributed by atoms with Crippen molar-refractivity contribution < 1.29 is 9.59 Å². The molecule has 0 atom stereocenters. The van der Waals surface area contributed by atoms with Gasteiger partial charge in [-0.25, -0.2) is 0 Å². The zero-order chi connectivity index (χ0) is 12.0. The molecular formula is C14H14O2. The van der Waals surface area contributed by atoms with E-state index in [0.29, 0.717) is 5.56 Å². The van der Waals surface area contributed by atoms with Gasteiger partial charge in [-0.1, -0.05) is 37.8 Å². The molecule has 1 aromatic rings. The number of carbonyl (C=O) groups excluding carboxylic acids is 2. The first-order chi connectivity index (χ1) is 7.65. The average molecular weight is 214 g/mol. The Bertz CT molecular complexity index is 430. The van der Waals surface area contributed by atoms with Crippen molar-refractivity contribution in [2.24, 2.45) is 5.92 Å². The second-order valence-corrected chi connectivity index (χ2v) is 3.77. The van der Waals surface area contributed by atoms with Crippen LogP contribution in [-0.4, -0.2) is 12.1 Å². The molecule has 0 radical (unpaired) electrons. The molecule has 1 rings (SSSR count). The molecule has 0 spiro atoms. The van der Waals surface area contributed by atoms with Gasteiger partial charge >= 0.3 is 0 Å². The predicted molar refractivity (Wildman–Crippen MR) is 63.2 cm³/mol. The number of hydrogen-bond donors (Lipinski definition) is 0. The van der Waals surface area contributed by atoms with Crippen LogP contribution in [-0.2, 0) is 4.79 Å². The van der Waals surface area contributed by atoms with Crippen molar-refractivity contribution in [3.05, 3.63) is 35.4 Å². The van der Waals surface area contributed by atoms with Crippen LogP contribution in [0.25, 0.3) is 0 Å². The number of Topliss-reactive ketones (excluding diaryl/α,β-unsaturated/α-hetero) is 1. The summed E-state index contributed by atoms with van der Waals surface area (Å²) < 4.78 is 0. The molecule has 0 aliphatic rings. The van der Waals surface area contributed by atoms with E-state index < -0.39 is 0 Å². The van der Waals surface area contributed by atoms with Crippen LogP contribution in [0.3, 0.4) is 0 Å². The third-order valence-corrected chi connectivity index (χ3v) is 2.11. The third kappa shape index (κ3) is 3.36. The van der Waals surface area contributed by atoms with Crippen LogP contribution in [0.5, 0.6) is 0 Å². The van der Waals surface area contributed by atoms with Crippen molar-refractivity contribution in [3.63, 3.8) is 0 Å². The molecule has 0 aliphatic heterocycles. The van der Waals surface area contributed by atoms with E-state index in [1.807, 2.05) is 13.8 Å². The summed E-state index contributed by atoms with van der Waals surface area (Å²) in [6.45, 7) is 3.75. The molecule has 1 aromatic carbocycles. The monoisotopic (exact) mass is 214 g/mol. The van der Waals surface area contributed by atoms with E-state index in [2.05, 4.69) is 11.8 Å². The Hall–Kier alpha value is -1.88. The van der Waals surface area contributed by atoms with Gasteiger partial charge in [0.25, 0.3) is 0 Å². The van der Waals surface area contributed by atoms with Crippen LogP contribution >= 0.6 is 0 Å². The summed E-state index contributed by atoms with van der Waals surface area (Å²) in [6, 6.07) is 7.14. The maximum Gasteiger partial charge on any atom is 0.165 e. The van der Waals surface area contributed by atoms with Crippen molar-refractivity contribution in [2.45, 2.75) is 20.3 Å². The van der Waals surface area contributed by atoms with Crippen LogP contribution in [0.4, 0.5) is 0 Å². The number of rotatable bonds is 3. The van der Waals surface area contributed by atoms with Crippen LogP contribution in [0.2, 0.25) is 0 Å². The maximum absolute atomic E-state index is 11.6. The molecular weight excluding hydrogens is 200 g/mol. The molecule has 2 heteroatoms. The van der Waals surface area contributed by atoms with E-state index in [4.69, 9.17) is 0 Å². The molecule has 0 aromatic heterocycles. The highest BCUT2D eigenvalue weighted by Gasteiger charge is 2.09. The lowest BCUT2D eigenvalue weighted by Crippen LogP contribution is -2.06. The second kappa shape index (κ2) is 5.87. The topological polar surface area (TPSA) is 34.1 Å². The first kappa shape index (κ1) is 12.2. The van der Waals surface area contributed by atoms with Crippen molar-refractivity contribution in [1.29, 1.82) is 0 Å². The van der Waals surface area contributed by atoms with Crippen molar-refractivity contribution >= 4 is 12.1 Å². The Kier molecular flexibility index (Phi) is 4.47. The summed E-state index contributed by atoms with van der Waals surface area (Å²) in [5, 5.41) is 0. The van der Waals surface area contributed by atoms with Gasteiger partial charge in [0.15, 0.2) is 5.78 Å². The smallest absolute Gasteiger partial charge is 0.165 e. The number of aldehydes is 1. The number of benzene rings is 1. The lowest BCUT2D eigenvalue weighted by molar-refractivity contribution is -0.107. The van der Waals surface area contributed by atoms with Gasteiger partial charge in [0.2, 0.25) is 0 Å². The quantitative estimate of drug-likeness (QED) is 0.440. The van der Waals surface area contributed by atoms with Gasteiger partial charge in [-0.2, -0.15) is 0 Å². The van der Waals surface area contributed by atoms with Gasteiger partial charge in [0.05, 0.1) is 6.42 Å². The van der Waals surface area contributed by atoms with Crippen molar-refractivity contribution in [3.8, 4) is 11.8 Å². The molecule has 0 N–H and O–H groups in total. The fraction of sp³-hybridized carbons (Fsp3) is 0.286. The van der Waals surface area contributed by atoms with Crippen LogP contribution < -0.4 is 0 Å². The van der Waals surface area contributed by atoms with Crippen molar-refractivity contribution in [1.82, 2.24) is 0 Å². The zero-order valence-corrected chi connectivity index (χ0v) is 9.49. The molecule has 0 saturated heterocycles. The highest BCUT2D eigenvalue weighted by atomic mass is 16.1. The van der Waals surface area contributed by atoms with Gasteiger partial charge in [0.1, 0.15) is 6.29 Å². The van der Waals surface area contributed by atoms with E-state index in [9.17, 15) is 9.59 Å². The summed E-state index contributed by atoms with van der Waals surface area (Å²) >= 11 is 0. The zero-order valence-electron chi connectivity index (χ0n) is 9.49. The molecule has 0 aliphatic carbocycles. The number of ketones is 1. The summed E-state index contributed by atoms with van der Waals surface area (Å²) in [5.41, 5.74) is 1.53. The molecule has 0 unspecified atom stereocenters. The normalized spacial score (nSPS) is 9.44. The minimum atomic E-state index is 0.00648. The largest absolute Gasteiger partial charge is 0.302 e. The third-order valence-electron chi connectivity index (χ3n) is 2.11. The Balaban J connectivity index is 2.80. The van der Waals surface area contributed by atoms with Crippen LogP contribution in [0.15, 0.2) is 24.3 Å². The Morgan fingerprint density at radius 2 is 1.94 bits per heavy atom. The highest BCUT2D eigenvalue weighted by molar-refractivity contribution is 5.97. The molecule has 16 heavy (non-hydrogen) atoms. The molecule has 0 saturated carbocycles. The Morgan fingerprint density at radius 3 is 2.44 bits per heavy atom. The molecule has 2 nitrogen and oxygen atoms in total. The van der Waals surface area contributed by atoms with E-state index in [1.165, 1.54) is 0 Å². The molecule has 82 valence electrons. The lowest BCUT2D eigenvalue weighted by Gasteiger charge is -2.03. The predicted octanol–water partition coefficient (Wildman–Crippen LogP) is 2.47. The molecule has 0 bridgehead atoms. The van der Waals surface area contributed by atoms with E-state index in [-0.39, 0.29) is 18.1 Å². The van der Waals surface area contributed by atoms with Crippen LogP contribution in [0, 0.1) is 17.8 Å². The summed E-state index contributed by atoms with van der Waals surface area (Å²) in [5.74, 6) is 5.71. The SMILES string of the molecule is CC(C)C(=O)c1ccc(C#CCC=O)cc1. The number of carbonyl (C=O) groups is 2. The fourth-order valence-electron chi connectivity index (χ4n) is 1.25. The highest BCUT2D eigenvalue weighted by Crippen LogP contribution is 2.09. The summed E-state index contributed by atoms with van der Waals surface area (Å²) in [7, 11) is 0. The fourth-order valence-corrected chi connectivity index (χ4v) is 1.25. The van der Waals surface area contributed by atoms with Gasteiger partial charge in [-0.15, -0.1) is 0 Å². The molecule has 0 fully saturated rings. The molecule has 0 heterocycles. The summed E-state index contributed by atoms with van der Waals surface area (Å²) in [6.07, 6.45) is 1.01. The van der Waals surface area contributed by atoms with Gasteiger partial charge < -0.3 is 4.79 Å². The maximum atomic E-state index is 11.6. The van der Waals surface area contributed by atoms with E-state index in [1.54, 1.807) is 24.3 Å². The van der Waals surface area contributed by atoms with E-state index in [0.717, 1.165) is 11.8 Å². The van der Waals surface area contributed by atoms with Gasteiger partial charge in [-0.3, -0.25) is 4.79 Å². The molecule has 0 amide bonds. The van der Waals surface area contributed by atoms with Crippen LogP contribution in [0.1, 0.15) is 36.2 Å². The first-order valence-corrected chi connectivity index (χ1v) is 5.22. The summed E-state index contributed by atoms with van der Waals surface area (Å²) in [4.78, 5) is 21.7. The minimum Gasteiger partial charge on any atom is -0.302 e. The van der Waals surface area contributed by atoms with Gasteiger partial charge in [-0.05, 0) is 12.1 Å².